The Hall–Kier alpha value is 0.420. The SMILES string of the molecule is CC(C)N1CCC(Nc2c(Br)cc(Br)cc2Br)CC1. The second-order valence-corrected chi connectivity index (χ2v) is 7.92. The van der Waals surface area contributed by atoms with Gasteiger partial charge in [0.2, 0.25) is 0 Å². The van der Waals surface area contributed by atoms with Crippen LogP contribution in [0.1, 0.15) is 26.7 Å². The molecule has 1 aromatic carbocycles. The Morgan fingerprint density at radius 2 is 1.63 bits per heavy atom. The van der Waals surface area contributed by atoms with Gasteiger partial charge >= 0.3 is 0 Å². The van der Waals surface area contributed by atoms with E-state index in [0.29, 0.717) is 12.1 Å². The van der Waals surface area contributed by atoms with Crippen molar-refractivity contribution in [2.24, 2.45) is 0 Å². The highest BCUT2D eigenvalue weighted by Crippen LogP contribution is 2.35. The molecule has 2 rings (SSSR count). The number of nitrogens with one attached hydrogen (secondary N) is 1. The number of nitrogens with zero attached hydrogens (tertiary/aromatic N) is 1. The van der Waals surface area contributed by atoms with Crippen molar-refractivity contribution in [3.8, 4) is 0 Å². The first-order valence-corrected chi connectivity index (χ1v) is 9.00. The zero-order valence-corrected chi connectivity index (χ0v) is 16.0. The Morgan fingerprint density at radius 3 is 2.11 bits per heavy atom. The van der Waals surface area contributed by atoms with E-state index in [1.807, 2.05) is 0 Å². The molecule has 0 aliphatic carbocycles. The lowest BCUT2D eigenvalue weighted by Gasteiger charge is -2.35. The molecule has 0 spiro atoms. The van der Waals surface area contributed by atoms with Gasteiger partial charge in [-0.2, -0.15) is 0 Å². The maximum atomic E-state index is 3.66. The molecular weight excluding hydrogens is 436 g/mol. The third-order valence-corrected chi connectivity index (χ3v) is 5.32. The molecule has 0 unspecified atom stereocenters. The molecule has 2 nitrogen and oxygen atoms in total. The lowest BCUT2D eigenvalue weighted by Crippen LogP contribution is -2.42. The van der Waals surface area contributed by atoms with Crippen LogP contribution >= 0.6 is 47.8 Å². The van der Waals surface area contributed by atoms with Crippen LogP contribution in [0.5, 0.6) is 0 Å². The Kier molecular flexibility index (Phi) is 5.76. The van der Waals surface area contributed by atoms with Crippen LogP contribution in [0.4, 0.5) is 5.69 Å². The van der Waals surface area contributed by atoms with Crippen LogP contribution in [0.3, 0.4) is 0 Å². The zero-order valence-electron chi connectivity index (χ0n) is 11.2. The molecule has 0 aromatic heterocycles. The molecule has 5 heteroatoms. The van der Waals surface area contributed by atoms with E-state index in [0.717, 1.165) is 19.1 Å². The summed E-state index contributed by atoms with van der Waals surface area (Å²) in [6.45, 7) is 6.91. The van der Waals surface area contributed by atoms with Crippen molar-refractivity contribution < 1.29 is 0 Å². The normalized spacial score (nSPS) is 18.0. The molecule has 19 heavy (non-hydrogen) atoms. The van der Waals surface area contributed by atoms with Crippen molar-refractivity contribution in [2.45, 2.75) is 38.8 Å². The van der Waals surface area contributed by atoms with Gasteiger partial charge < -0.3 is 10.2 Å². The Morgan fingerprint density at radius 1 is 1.11 bits per heavy atom. The van der Waals surface area contributed by atoms with Crippen LogP contribution in [0.2, 0.25) is 0 Å². The summed E-state index contributed by atoms with van der Waals surface area (Å²) in [4.78, 5) is 2.55. The third kappa shape index (κ3) is 4.19. The monoisotopic (exact) mass is 452 g/mol. The average molecular weight is 455 g/mol. The predicted octanol–water partition coefficient (Wildman–Crippen LogP) is 5.26. The first-order chi connectivity index (χ1) is 8.97. The van der Waals surface area contributed by atoms with Gasteiger partial charge in [0.05, 0.1) is 5.69 Å². The third-order valence-electron chi connectivity index (χ3n) is 3.62. The number of rotatable bonds is 3. The van der Waals surface area contributed by atoms with E-state index in [4.69, 9.17) is 0 Å². The van der Waals surface area contributed by atoms with Crippen molar-refractivity contribution in [2.75, 3.05) is 18.4 Å². The average Bonchev–Trinajstić information content (AvgIpc) is 2.34. The molecule has 1 aliphatic rings. The van der Waals surface area contributed by atoms with Gasteiger partial charge in [0.25, 0.3) is 0 Å². The van der Waals surface area contributed by atoms with Crippen LogP contribution in [-0.2, 0) is 0 Å². The molecule has 1 aliphatic heterocycles. The minimum atomic E-state index is 0.559. The maximum Gasteiger partial charge on any atom is 0.0631 e. The minimum Gasteiger partial charge on any atom is -0.380 e. The highest BCUT2D eigenvalue weighted by Gasteiger charge is 2.21. The summed E-state index contributed by atoms with van der Waals surface area (Å²) in [5.74, 6) is 0. The van der Waals surface area contributed by atoms with Gasteiger partial charge in [-0.1, -0.05) is 15.9 Å². The number of piperidine rings is 1. The fourth-order valence-electron chi connectivity index (χ4n) is 2.44. The van der Waals surface area contributed by atoms with Crippen molar-refractivity contribution in [1.29, 1.82) is 0 Å². The van der Waals surface area contributed by atoms with E-state index in [1.54, 1.807) is 0 Å². The van der Waals surface area contributed by atoms with Crippen LogP contribution in [-0.4, -0.2) is 30.1 Å². The first kappa shape index (κ1) is 15.8. The standard InChI is InChI=1S/C14H19Br3N2/c1-9(2)19-5-3-11(4-6-19)18-14-12(16)7-10(15)8-13(14)17/h7-9,11,18H,3-6H2,1-2H3. The van der Waals surface area contributed by atoms with E-state index in [-0.39, 0.29) is 0 Å². The first-order valence-electron chi connectivity index (χ1n) is 6.62. The second-order valence-electron chi connectivity index (χ2n) is 5.29. The summed E-state index contributed by atoms with van der Waals surface area (Å²) >= 11 is 10.8. The van der Waals surface area contributed by atoms with Crippen molar-refractivity contribution >= 4 is 53.5 Å². The molecule has 1 fully saturated rings. The number of likely N-dealkylation sites (tertiary alicyclic amines) is 1. The molecule has 0 amide bonds. The summed E-state index contributed by atoms with van der Waals surface area (Å²) in [7, 11) is 0. The number of hydrogen-bond donors (Lipinski definition) is 1. The van der Waals surface area contributed by atoms with Crippen molar-refractivity contribution in [3.63, 3.8) is 0 Å². The highest BCUT2D eigenvalue weighted by atomic mass is 79.9. The summed E-state index contributed by atoms with van der Waals surface area (Å²) in [6.07, 6.45) is 2.40. The van der Waals surface area contributed by atoms with E-state index < -0.39 is 0 Å². The topological polar surface area (TPSA) is 15.3 Å². The van der Waals surface area contributed by atoms with Gasteiger partial charge in [-0.3, -0.25) is 0 Å². The van der Waals surface area contributed by atoms with Gasteiger partial charge in [-0.05, 0) is 70.7 Å². The quantitative estimate of drug-likeness (QED) is 0.670. The molecule has 1 aromatic rings. The molecule has 0 saturated carbocycles. The van der Waals surface area contributed by atoms with Crippen molar-refractivity contribution in [3.05, 3.63) is 25.6 Å². The molecule has 1 heterocycles. The van der Waals surface area contributed by atoms with Gasteiger partial charge in [0.1, 0.15) is 0 Å². The lowest BCUT2D eigenvalue weighted by molar-refractivity contribution is 0.177. The van der Waals surface area contributed by atoms with Crippen LogP contribution in [0.15, 0.2) is 25.6 Å². The van der Waals surface area contributed by atoms with E-state index in [1.165, 1.54) is 25.9 Å². The molecule has 1 saturated heterocycles. The number of halogens is 3. The Balaban J connectivity index is 2.00. The largest absolute Gasteiger partial charge is 0.380 e. The van der Waals surface area contributed by atoms with Gasteiger partial charge in [0.15, 0.2) is 0 Å². The molecular formula is C14H19Br3N2. The maximum absolute atomic E-state index is 3.66. The Labute approximate surface area is 140 Å². The fraction of sp³-hybridized carbons (Fsp3) is 0.571. The molecule has 0 radical (unpaired) electrons. The molecule has 106 valence electrons. The van der Waals surface area contributed by atoms with Gasteiger partial charge in [-0.25, -0.2) is 0 Å². The summed E-state index contributed by atoms with van der Waals surface area (Å²) in [5, 5.41) is 3.66. The van der Waals surface area contributed by atoms with E-state index in [9.17, 15) is 0 Å². The number of hydrogen-bond acceptors (Lipinski definition) is 2. The smallest absolute Gasteiger partial charge is 0.0631 e. The molecule has 1 N–H and O–H groups in total. The second kappa shape index (κ2) is 6.92. The van der Waals surface area contributed by atoms with E-state index >= 15 is 0 Å². The fourth-order valence-corrected chi connectivity index (χ4v) is 4.93. The Bertz CT molecular complexity index is 417. The molecule has 0 atom stereocenters. The van der Waals surface area contributed by atoms with Crippen molar-refractivity contribution in [1.82, 2.24) is 4.90 Å². The van der Waals surface area contributed by atoms with E-state index in [2.05, 4.69) is 84.0 Å². The van der Waals surface area contributed by atoms with Crippen LogP contribution < -0.4 is 5.32 Å². The lowest BCUT2D eigenvalue weighted by atomic mass is 10.0. The van der Waals surface area contributed by atoms with Crippen LogP contribution in [0, 0.1) is 0 Å². The minimum absolute atomic E-state index is 0.559. The summed E-state index contributed by atoms with van der Waals surface area (Å²) in [5.41, 5.74) is 1.16. The highest BCUT2D eigenvalue weighted by molar-refractivity contribution is 9.11. The summed E-state index contributed by atoms with van der Waals surface area (Å²) in [6, 6.07) is 5.38. The van der Waals surface area contributed by atoms with Crippen LogP contribution in [0.25, 0.3) is 0 Å². The summed E-state index contributed by atoms with van der Waals surface area (Å²) < 4.78 is 3.27. The van der Waals surface area contributed by atoms with Gasteiger partial charge in [0, 0.05) is 38.6 Å². The number of anilines is 1. The molecule has 0 bridgehead atoms. The number of benzene rings is 1. The predicted molar refractivity (Wildman–Crippen MR) is 92.9 cm³/mol. The van der Waals surface area contributed by atoms with Gasteiger partial charge in [-0.15, -0.1) is 0 Å². The zero-order chi connectivity index (χ0) is 14.0.